The van der Waals surface area contributed by atoms with E-state index in [1.807, 2.05) is 16.8 Å². The number of aryl methyl sites for hydroxylation is 1. The maximum atomic E-state index is 4.60. The lowest BCUT2D eigenvalue weighted by molar-refractivity contribution is 0.341. The van der Waals surface area contributed by atoms with Gasteiger partial charge in [-0.2, -0.15) is 5.10 Å². The van der Waals surface area contributed by atoms with Crippen LogP contribution in [0.25, 0.3) is 5.65 Å². The van der Waals surface area contributed by atoms with E-state index in [0.717, 1.165) is 30.4 Å². The summed E-state index contributed by atoms with van der Waals surface area (Å²) in [4.78, 5) is 7.11. The molecule has 4 nitrogen and oxygen atoms in total. The molecular formula is C14H20N4. The molecule has 2 aromatic heterocycles. The van der Waals surface area contributed by atoms with Crippen molar-refractivity contribution in [1.29, 1.82) is 0 Å². The van der Waals surface area contributed by atoms with Gasteiger partial charge in [-0.15, -0.1) is 0 Å². The highest BCUT2D eigenvalue weighted by atomic mass is 15.3. The molecule has 0 saturated carbocycles. The first-order chi connectivity index (χ1) is 8.74. The van der Waals surface area contributed by atoms with Gasteiger partial charge in [0.15, 0.2) is 11.5 Å². The molecule has 0 spiro atoms. The summed E-state index contributed by atoms with van der Waals surface area (Å²) in [6.07, 6.45) is 4.33. The predicted molar refractivity (Wildman–Crippen MR) is 71.6 cm³/mol. The minimum atomic E-state index is 0.725. The number of likely N-dealkylation sites (tertiary alicyclic amines) is 1. The number of pyridine rings is 1. The fraction of sp³-hybridized carbons (Fsp3) is 0.571. The van der Waals surface area contributed by atoms with Crippen LogP contribution in [0.2, 0.25) is 0 Å². The van der Waals surface area contributed by atoms with Gasteiger partial charge in [-0.1, -0.05) is 13.0 Å². The average molecular weight is 244 g/mol. The van der Waals surface area contributed by atoms with Crippen LogP contribution in [0.1, 0.15) is 24.7 Å². The minimum Gasteiger partial charge on any atom is -0.303 e. The molecule has 0 amide bonds. The fourth-order valence-electron chi connectivity index (χ4n) is 2.74. The van der Waals surface area contributed by atoms with Crippen LogP contribution < -0.4 is 0 Å². The number of hydrogen-bond acceptors (Lipinski definition) is 3. The first-order valence-electron chi connectivity index (χ1n) is 6.79. The van der Waals surface area contributed by atoms with E-state index in [1.54, 1.807) is 0 Å². The highest BCUT2D eigenvalue weighted by Gasteiger charge is 2.22. The Morgan fingerprint density at radius 1 is 1.39 bits per heavy atom. The molecule has 1 saturated heterocycles. The maximum Gasteiger partial charge on any atom is 0.155 e. The third-order valence-electron chi connectivity index (χ3n) is 3.81. The number of aromatic nitrogens is 3. The van der Waals surface area contributed by atoms with Crippen molar-refractivity contribution in [2.75, 3.05) is 19.6 Å². The summed E-state index contributed by atoms with van der Waals surface area (Å²) < 4.78 is 1.90. The number of hydrogen-bond donors (Lipinski definition) is 0. The fourth-order valence-corrected chi connectivity index (χ4v) is 2.74. The van der Waals surface area contributed by atoms with Crippen LogP contribution in [0, 0.1) is 12.8 Å². The third kappa shape index (κ3) is 2.25. The highest BCUT2D eigenvalue weighted by molar-refractivity contribution is 5.38. The van der Waals surface area contributed by atoms with Gasteiger partial charge in [0.2, 0.25) is 0 Å². The summed E-state index contributed by atoms with van der Waals surface area (Å²) in [6.45, 7) is 7.90. The summed E-state index contributed by atoms with van der Waals surface area (Å²) in [5.41, 5.74) is 2.18. The molecule has 0 bridgehead atoms. The largest absolute Gasteiger partial charge is 0.303 e. The van der Waals surface area contributed by atoms with E-state index in [2.05, 4.69) is 34.9 Å². The third-order valence-corrected chi connectivity index (χ3v) is 3.81. The molecule has 0 aliphatic carbocycles. The van der Waals surface area contributed by atoms with Crippen molar-refractivity contribution in [1.82, 2.24) is 19.5 Å². The molecule has 0 N–H and O–H groups in total. The molecule has 2 aromatic rings. The molecule has 96 valence electrons. The van der Waals surface area contributed by atoms with Gasteiger partial charge in [-0.05, 0) is 44.0 Å². The Labute approximate surface area is 108 Å². The molecule has 1 aliphatic heterocycles. The summed E-state index contributed by atoms with van der Waals surface area (Å²) in [5.74, 6) is 1.71. The van der Waals surface area contributed by atoms with E-state index in [4.69, 9.17) is 0 Å². The Balaban J connectivity index is 1.75. The SMILES string of the molecule is CCN1CCC(Cc2nc3ccc(C)cn3n2)C1. The molecule has 3 heterocycles. The van der Waals surface area contributed by atoms with Gasteiger partial charge in [0.1, 0.15) is 0 Å². The minimum absolute atomic E-state index is 0.725. The average Bonchev–Trinajstić information content (AvgIpc) is 2.95. The lowest BCUT2D eigenvalue weighted by Crippen LogP contribution is -2.20. The molecule has 0 aromatic carbocycles. The Morgan fingerprint density at radius 3 is 3.06 bits per heavy atom. The number of fused-ring (bicyclic) bond motifs is 1. The second-order valence-electron chi connectivity index (χ2n) is 5.29. The van der Waals surface area contributed by atoms with Crippen LogP contribution >= 0.6 is 0 Å². The van der Waals surface area contributed by atoms with Crippen LogP contribution in [-0.4, -0.2) is 39.1 Å². The maximum absolute atomic E-state index is 4.60. The van der Waals surface area contributed by atoms with E-state index in [-0.39, 0.29) is 0 Å². The quantitative estimate of drug-likeness (QED) is 0.827. The topological polar surface area (TPSA) is 33.4 Å². The molecule has 0 radical (unpaired) electrons. The second-order valence-corrected chi connectivity index (χ2v) is 5.29. The molecule has 1 fully saturated rings. The van der Waals surface area contributed by atoms with E-state index < -0.39 is 0 Å². The van der Waals surface area contributed by atoms with Crippen LogP contribution in [0.4, 0.5) is 0 Å². The Hall–Kier alpha value is -1.42. The van der Waals surface area contributed by atoms with Gasteiger partial charge in [0, 0.05) is 19.2 Å². The van der Waals surface area contributed by atoms with Crippen molar-refractivity contribution in [3.63, 3.8) is 0 Å². The van der Waals surface area contributed by atoms with E-state index in [9.17, 15) is 0 Å². The molecular weight excluding hydrogens is 224 g/mol. The zero-order valence-corrected chi connectivity index (χ0v) is 11.1. The smallest absolute Gasteiger partial charge is 0.155 e. The van der Waals surface area contributed by atoms with Crippen molar-refractivity contribution >= 4 is 5.65 Å². The van der Waals surface area contributed by atoms with Crippen LogP contribution in [-0.2, 0) is 6.42 Å². The zero-order chi connectivity index (χ0) is 12.5. The van der Waals surface area contributed by atoms with Crippen LogP contribution in [0.15, 0.2) is 18.3 Å². The number of rotatable bonds is 3. The van der Waals surface area contributed by atoms with Crippen molar-refractivity contribution in [3.8, 4) is 0 Å². The van der Waals surface area contributed by atoms with Gasteiger partial charge in [-0.25, -0.2) is 9.50 Å². The van der Waals surface area contributed by atoms with Crippen molar-refractivity contribution in [2.24, 2.45) is 5.92 Å². The molecule has 3 rings (SSSR count). The summed E-state index contributed by atoms with van der Waals surface area (Å²) >= 11 is 0. The van der Waals surface area contributed by atoms with E-state index in [1.165, 1.54) is 25.1 Å². The first kappa shape index (κ1) is 11.7. The Kier molecular flexibility index (Phi) is 3.04. The van der Waals surface area contributed by atoms with Gasteiger partial charge < -0.3 is 4.90 Å². The van der Waals surface area contributed by atoms with Crippen molar-refractivity contribution in [2.45, 2.75) is 26.7 Å². The molecule has 1 aliphatic rings. The van der Waals surface area contributed by atoms with Crippen molar-refractivity contribution < 1.29 is 0 Å². The molecule has 1 unspecified atom stereocenters. The Bertz CT molecular complexity index is 546. The predicted octanol–water partition coefficient (Wildman–Crippen LogP) is 1.92. The van der Waals surface area contributed by atoms with Gasteiger partial charge in [0.25, 0.3) is 0 Å². The lowest BCUT2D eigenvalue weighted by Gasteiger charge is -2.11. The summed E-state index contributed by atoms with van der Waals surface area (Å²) in [6, 6.07) is 4.13. The molecule has 1 atom stereocenters. The van der Waals surface area contributed by atoms with Gasteiger partial charge in [-0.3, -0.25) is 0 Å². The second kappa shape index (κ2) is 4.69. The van der Waals surface area contributed by atoms with Crippen LogP contribution in [0.3, 0.4) is 0 Å². The van der Waals surface area contributed by atoms with E-state index in [0.29, 0.717) is 0 Å². The van der Waals surface area contributed by atoms with Crippen molar-refractivity contribution in [3.05, 3.63) is 29.7 Å². The summed E-state index contributed by atoms with van der Waals surface area (Å²) in [7, 11) is 0. The Morgan fingerprint density at radius 2 is 2.28 bits per heavy atom. The van der Waals surface area contributed by atoms with Gasteiger partial charge >= 0.3 is 0 Å². The molecule has 18 heavy (non-hydrogen) atoms. The standard InChI is InChI=1S/C14H20N4/c1-3-17-7-6-12(10-17)8-13-15-14-5-4-11(2)9-18(14)16-13/h4-5,9,12H,3,6-8,10H2,1-2H3. The lowest BCUT2D eigenvalue weighted by atomic mass is 10.1. The van der Waals surface area contributed by atoms with Gasteiger partial charge in [0.05, 0.1) is 0 Å². The normalized spacial score (nSPS) is 20.9. The highest BCUT2D eigenvalue weighted by Crippen LogP contribution is 2.19. The zero-order valence-electron chi connectivity index (χ0n) is 11.1. The van der Waals surface area contributed by atoms with Crippen LogP contribution in [0.5, 0.6) is 0 Å². The first-order valence-corrected chi connectivity index (χ1v) is 6.79. The van der Waals surface area contributed by atoms with E-state index >= 15 is 0 Å². The molecule has 4 heteroatoms. The number of nitrogens with zero attached hydrogens (tertiary/aromatic N) is 4. The monoisotopic (exact) mass is 244 g/mol. The summed E-state index contributed by atoms with van der Waals surface area (Å²) in [5, 5.41) is 4.57.